The van der Waals surface area contributed by atoms with Gasteiger partial charge in [-0.25, -0.2) is 0 Å². The highest BCUT2D eigenvalue weighted by Crippen LogP contribution is 2.57. The van der Waals surface area contributed by atoms with Crippen LogP contribution in [0.3, 0.4) is 0 Å². The SMILES string of the molecule is C=C1C=C2/C(=C3\C=CC=C(C4=CC4)C34C=CC4)N(C)CC(C(C)(C)C)N2C=C1C(=C)OCC. The van der Waals surface area contributed by atoms with E-state index in [1.54, 1.807) is 0 Å². The lowest BCUT2D eigenvalue weighted by atomic mass is 9.61. The second-order valence-corrected chi connectivity index (χ2v) is 10.8. The summed E-state index contributed by atoms with van der Waals surface area (Å²) in [5, 5.41) is 0. The lowest BCUT2D eigenvalue weighted by molar-refractivity contribution is 0.111. The van der Waals surface area contributed by atoms with E-state index in [0.29, 0.717) is 18.4 Å². The molecule has 0 bridgehead atoms. The summed E-state index contributed by atoms with van der Waals surface area (Å²) in [5.41, 5.74) is 8.94. The molecule has 5 aliphatic rings. The Balaban J connectivity index is 1.66. The van der Waals surface area contributed by atoms with Crippen molar-refractivity contribution in [3.63, 3.8) is 0 Å². The van der Waals surface area contributed by atoms with Crippen LogP contribution >= 0.6 is 0 Å². The van der Waals surface area contributed by atoms with Crippen LogP contribution in [-0.2, 0) is 4.74 Å². The minimum Gasteiger partial charge on any atom is -0.494 e. The zero-order valence-electron chi connectivity index (χ0n) is 20.7. The molecular weight excluding hydrogens is 404 g/mol. The third-order valence-corrected chi connectivity index (χ3v) is 7.57. The zero-order chi connectivity index (χ0) is 23.5. The Morgan fingerprint density at radius 3 is 2.61 bits per heavy atom. The van der Waals surface area contributed by atoms with Crippen molar-refractivity contribution >= 4 is 0 Å². The molecular formula is C30H36N2O. The van der Waals surface area contributed by atoms with Gasteiger partial charge in [0, 0.05) is 30.8 Å². The zero-order valence-corrected chi connectivity index (χ0v) is 20.7. The fourth-order valence-electron chi connectivity index (χ4n) is 5.62. The first-order valence-corrected chi connectivity index (χ1v) is 12.1. The van der Waals surface area contributed by atoms with Crippen LogP contribution in [0.25, 0.3) is 0 Å². The van der Waals surface area contributed by atoms with Crippen LogP contribution in [0.4, 0.5) is 0 Å². The summed E-state index contributed by atoms with van der Waals surface area (Å²) in [7, 11) is 2.25. The van der Waals surface area contributed by atoms with Crippen molar-refractivity contribution < 1.29 is 4.74 Å². The molecule has 2 unspecified atom stereocenters. The molecule has 0 N–H and O–H groups in total. The molecule has 2 atom stereocenters. The Morgan fingerprint density at radius 2 is 2.03 bits per heavy atom. The van der Waals surface area contributed by atoms with Crippen LogP contribution < -0.4 is 0 Å². The summed E-state index contributed by atoms with van der Waals surface area (Å²) in [6.07, 6.45) is 20.6. The minimum atomic E-state index is -0.0119. The van der Waals surface area contributed by atoms with Crippen LogP contribution in [0.5, 0.6) is 0 Å². The van der Waals surface area contributed by atoms with Crippen LogP contribution in [-0.4, -0.2) is 36.0 Å². The molecule has 5 rings (SSSR count). The summed E-state index contributed by atoms with van der Waals surface area (Å²) in [5.74, 6) is 0.695. The van der Waals surface area contributed by atoms with Crippen LogP contribution in [0, 0.1) is 10.8 Å². The maximum atomic E-state index is 5.79. The van der Waals surface area contributed by atoms with Gasteiger partial charge in [0.15, 0.2) is 0 Å². The standard InChI is InChI=1S/C30H36N2O/c1-8-33-21(3)23-18-32-26(17-20(23)2)28(31(7)19-27(32)29(4,5)6)25-12-9-11-24(22-13-14-22)30(25)15-10-16-30/h9-13,15,17-18,27H,2-3,8,14,16,19H2,1,4-7H3/b28-25-. The van der Waals surface area contributed by atoms with Gasteiger partial charge in [-0.1, -0.05) is 70.4 Å². The molecule has 0 radical (unpaired) electrons. The Labute approximate surface area is 199 Å². The number of fused-ring (bicyclic) bond motifs is 1. The summed E-state index contributed by atoms with van der Waals surface area (Å²) < 4.78 is 5.79. The molecule has 0 aromatic carbocycles. The van der Waals surface area contributed by atoms with E-state index in [1.165, 1.54) is 28.1 Å². The summed E-state index contributed by atoms with van der Waals surface area (Å²) >= 11 is 0. The topological polar surface area (TPSA) is 15.7 Å². The number of ether oxygens (including phenoxy) is 1. The summed E-state index contributed by atoms with van der Waals surface area (Å²) in [6, 6.07) is 0.317. The lowest BCUT2D eigenvalue weighted by Crippen LogP contribution is -2.54. The average molecular weight is 441 g/mol. The van der Waals surface area contributed by atoms with Gasteiger partial charge in [-0.2, -0.15) is 0 Å². The van der Waals surface area contributed by atoms with Gasteiger partial charge in [-0.05, 0) is 53.5 Å². The first-order valence-electron chi connectivity index (χ1n) is 12.1. The van der Waals surface area contributed by atoms with Gasteiger partial charge in [-0.3, -0.25) is 0 Å². The molecule has 0 saturated carbocycles. The summed E-state index contributed by atoms with van der Waals surface area (Å²) in [6.45, 7) is 19.1. The van der Waals surface area contributed by atoms with Gasteiger partial charge in [0.2, 0.25) is 0 Å². The second-order valence-electron chi connectivity index (χ2n) is 10.8. The number of hydrogen-bond donors (Lipinski definition) is 0. The molecule has 2 heterocycles. The number of rotatable bonds is 4. The van der Waals surface area contributed by atoms with E-state index in [0.717, 1.165) is 30.5 Å². The Hall–Kier alpha value is -2.94. The van der Waals surface area contributed by atoms with Gasteiger partial charge < -0.3 is 14.5 Å². The third kappa shape index (κ3) is 3.40. The largest absolute Gasteiger partial charge is 0.494 e. The molecule has 2 aliphatic heterocycles. The van der Waals surface area contributed by atoms with Crippen LogP contribution in [0.2, 0.25) is 0 Å². The first-order chi connectivity index (χ1) is 15.7. The molecule has 3 heteroatoms. The Kier molecular flexibility index (Phi) is 5.00. The van der Waals surface area contributed by atoms with E-state index in [9.17, 15) is 0 Å². The molecule has 33 heavy (non-hydrogen) atoms. The molecule has 1 saturated heterocycles. The minimum absolute atomic E-state index is 0.0119. The lowest BCUT2D eigenvalue weighted by Gasteiger charge is -2.53. The predicted molar refractivity (Wildman–Crippen MR) is 137 cm³/mol. The van der Waals surface area contributed by atoms with Crippen molar-refractivity contribution in [1.82, 2.24) is 9.80 Å². The average Bonchev–Trinajstić information content (AvgIpc) is 3.55. The van der Waals surface area contributed by atoms with Crippen LogP contribution in [0.15, 0.2) is 107 Å². The van der Waals surface area contributed by atoms with Crippen molar-refractivity contribution in [2.24, 2.45) is 10.8 Å². The van der Waals surface area contributed by atoms with Gasteiger partial charge in [0.1, 0.15) is 5.76 Å². The maximum Gasteiger partial charge on any atom is 0.121 e. The fraction of sp³-hybridized carbons (Fsp3) is 0.400. The predicted octanol–water partition coefficient (Wildman–Crippen LogP) is 6.56. The number of likely N-dealkylation sites (N-methyl/N-ethyl adjacent to an activating group) is 1. The van der Waals surface area contributed by atoms with Crippen molar-refractivity contribution in [1.29, 1.82) is 0 Å². The summed E-state index contributed by atoms with van der Waals surface area (Å²) in [4.78, 5) is 4.94. The number of piperazine rings is 1. The van der Waals surface area contributed by atoms with Crippen molar-refractivity contribution in [3.05, 3.63) is 107 Å². The highest BCUT2D eigenvalue weighted by molar-refractivity contribution is 5.65. The molecule has 0 aromatic heterocycles. The second kappa shape index (κ2) is 7.55. The van der Waals surface area contributed by atoms with Crippen LogP contribution in [0.1, 0.15) is 40.5 Å². The maximum absolute atomic E-state index is 5.79. The normalized spacial score (nSPS) is 30.3. The van der Waals surface area contributed by atoms with Gasteiger partial charge in [0.05, 0.1) is 24.0 Å². The smallest absolute Gasteiger partial charge is 0.121 e. The van der Waals surface area contributed by atoms with E-state index in [1.807, 2.05) is 6.92 Å². The van der Waals surface area contributed by atoms with E-state index >= 15 is 0 Å². The molecule has 0 amide bonds. The van der Waals surface area contributed by atoms with Gasteiger partial charge >= 0.3 is 0 Å². The number of hydrogen-bond acceptors (Lipinski definition) is 3. The molecule has 0 aromatic rings. The number of allylic oxidation sites excluding steroid dienone is 11. The molecule has 1 spiro atoms. The first kappa shape index (κ1) is 21.9. The van der Waals surface area contributed by atoms with Crippen molar-refractivity contribution in [3.8, 4) is 0 Å². The fourth-order valence-corrected chi connectivity index (χ4v) is 5.62. The van der Waals surface area contributed by atoms with Crippen molar-refractivity contribution in [2.75, 3.05) is 20.2 Å². The molecule has 172 valence electrons. The highest BCUT2D eigenvalue weighted by Gasteiger charge is 2.47. The van der Waals surface area contributed by atoms with E-state index in [2.05, 4.69) is 99.5 Å². The Morgan fingerprint density at radius 1 is 1.30 bits per heavy atom. The van der Waals surface area contributed by atoms with Gasteiger partial charge in [0.25, 0.3) is 0 Å². The number of nitrogens with zero attached hydrogens (tertiary/aromatic N) is 2. The molecule has 1 fully saturated rings. The van der Waals surface area contributed by atoms with E-state index in [-0.39, 0.29) is 10.8 Å². The molecule has 3 nitrogen and oxygen atoms in total. The van der Waals surface area contributed by atoms with E-state index in [4.69, 9.17) is 4.74 Å². The van der Waals surface area contributed by atoms with Gasteiger partial charge in [-0.15, -0.1) is 0 Å². The quantitative estimate of drug-likeness (QED) is 0.363. The third-order valence-electron chi connectivity index (χ3n) is 7.57. The van der Waals surface area contributed by atoms with Crippen molar-refractivity contribution in [2.45, 2.75) is 46.6 Å². The monoisotopic (exact) mass is 440 g/mol. The molecule has 3 aliphatic carbocycles. The van der Waals surface area contributed by atoms with E-state index < -0.39 is 0 Å². The highest BCUT2D eigenvalue weighted by atomic mass is 16.5. The Bertz CT molecular complexity index is 1140.